The summed E-state index contributed by atoms with van der Waals surface area (Å²) >= 11 is 0. The van der Waals surface area contributed by atoms with Gasteiger partial charge in [-0.2, -0.15) is 0 Å². The standard InChI is InChI=1S/C15H26N2O2/c1-10-7-12(15(18)19)5-6-16(10)14-8-11(2)17(9-14)13-3-4-13/h10-14H,3-9H2,1-2H3,(H,18,19). The van der Waals surface area contributed by atoms with Gasteiger partial charge in [-0.25, -0.2) is 0 Å². The Balaban J connectivity index is 1.59. The van der Waals surface area contributed by atoms with Crippen LogP contribution in [0.1, 0.15) is 46.0 Å². The second-order valence-corrected chi connectivity index (χ2v) is 6.81. The highest BCUT2D eigenvalue weighted by Crippen LogP contribution is 2.36. The molecule has 19 heavy (non-hydrogen) atoms. The quantitative estimate of drug-likeness (QED) is 0.846. The lowest BCUT2D eigenvalue weighted by molar-refractivity contribution is -0.144. The van der Waals surface area contributed by atoms with E-state index in [2.05, 4.69) is 23.6 Å². The van der Waals surface area contributed by atoms with Crippen molar-refractivity contribution >= 4 is 5.97 Å². The number of aliphatic carboxylic acids is 1. The summed E-state index contributed by atoms with van der Waals surface area (Å²) in [7, 11) is 0. The number of carboxylic acids is 1. The number of hydrogen-bond acceptors (Lipinski definition) is 3. The van der Waals surface area contributed by atoms with E-state index in [0.29, 0.717) is 18.1 Å². The van der Waals surface area contributed by atoms with Crippen LogP contribution < -0.4 is 0 Å². The van der Waals surface area contributed by atoms with E-state index in [-0.39, 0.29) is 5.92 Å². The van der Waals surface area contributed by atoms with E-state index >= 15 is 0 Å². The van der Waals surface area contributed by atoms with E-state index in [1.165, 1.54) is 25.8 Å². The maximum Gasteiger partial charge on any atom is 0.306 e. The minimum atomic E-state index is -0.606. The zero-order valence-corrected chi connectivity index (χ0v) is 12.1. The molecule has 4 heteroatoms. The Hall–Kier alpha value is -0.610. The molecule has 0 aromatic rings. The topological polar surface area (TPSA) is 43.8 Å². The van der Waals surface area contributed by atoms with Crippen molar-refractivity contribution in [2.45, 2.75) is 70.1 Å². The minimum absolute atomic E-state index is 0.121. The monoisotopic (exact) mass is 266 g/mol. The second-order valence-electron chi connectivity index (χ2n) is 6.81. The zero-order valence-electron chi connectivity index (χ0n) is 12.1. The Bertz CT molecular complexity index is 356. The first-order valence-electron chi connectivity index (χ1n) is 7.80. The summed E-state index contributed by atoms with van der Waals surface area (Å²) in [6.45, 7) is 6.73. The van der Waals surface area contributed by atoms with E-state index in [1.54, 1.807) is 0 Å². The molecule has 1 N–H and O–H groups in total. The average Bonchev–Trinajstić information content (AvgIpc) is 3.13. The summed E-state index contributed by atoms with van der Waals surface area (Å²) in [6, 6.07) is 2.64. The van der Waals surface area contributed by atoms with Gasteiger partial charge in [0.25, 0.3) is 0 Å². The van der Waals surface area contributed by atoms with Crippen LogP contribution in [-0.2, 0) is 4.79 Å². The van der Waals surface area contributed by atoms with Crippen molar-refractivity contribution in [3.05, 3.63) is 0 Å². The van der Waals surface area contributed by atoms with E-state index in [0.717, 1.165) is 25.4 Å². The Morgan fingerprint density at radius 3 is 2.26 bits per heavy atom. The molecule has 2 heterocycles. The molecule has 1 saturated carbocycles. The predicted molar refractivity (Wildman–Crippen MR) is 74.1 cm³/mol. The smallest absolute Gasteiger partial charge is 0.306 e. The molecule has 3 aliphatic rings. The molecule has 0 spiro atoms. The third kappa shape index (κ3) is 2.65. The predicted octanol–water partition coefficient (Wildman–Crippen LogP) is 1.80. The molecule has 3 rings (SSSR count). The second kappa shape index (κ2) is 5.06. The number of hydrogen-bond donors (Lipinski definition) is 1. The first-order valence-corrected chi connectivity index (χ1v) is 7.80. The number of piperidine rings is 1. The molecule has 4 nitrogen and oxygen atoms in total. The van der Waals surface area contributed by atoms with Crippen LogP contribution >= 0.6 is 0 Å². The molecule has 0 aromatic carbocycles. The molecule has 0 radical (unpaired) electrons. The number of nitrogens with zero attached hydrogens (tertiary/aromatic N) is 2. The van der Waals surface area contributed by atoms with Crippen molar-refractivity contribution < 1.29 is 9.90 Å². The molecular weight excluding hydrogens is 240 g/mol. The van der Waals surface area contributed by atoms with Crippen LogP contribution in [0.2, 0.25) is 0 Å². The highest BCUT2D eigenvalue weighted by molar-refractivity contribution is 5.70. The van der Waals surface area contributed by atoms with Gasteiger partial charge >= 0.3 is 5.97 Å². The number of rotatable bonds is 3. The van der Waals surface area contributed by atoms with E-state index in [1.807, 2.05) is 0 Å². The lowest BCUT2D eigenvalue weighted by Crippen LogP contribution is -2.49. The van der Waals surface area contributed by atoms with Crippen LogP contribution in [0, 0.1) is 5.92 Å². The van der Waals surface area contributed by atoms with Crippen molar-refractivity contribution in [2.24, 2.45) is 5.92 Å². The normalized spacial score (nSPS) is 41.6. The summed E-state index contributed by atoms with van der Waals surface area (Å²) in [4.78, 5) is 16.4. The summed E-state index contributed by atoms with van der Waals surface area (Å²) in [5, 5.41) is 9.15. The van der Waals surface area contributed by atoms with Gasteiger partial charge in [-0.05, 0) is 52.5 Å². The van der Waals surface area contributed by atoms with Gasteiger partial charge in [0.1, 0.15) is 0 Å². The lowest BCUT2D eigenvalue weighted by atomic mass is 9.90. The Morgan fingerprint density at radius 1 is 1.00 bits per heavy atom. The Morgan fingerprint density at radius 2 is 1.68 bits per heavy atom. The lowest BCUT2D eigenvalue weighted by Gasteiger charge is -2.40. The minimum Gasteiger partial charge on any atom is -0.481 e. The van der Waals surface area contributed by atoms with Crippen LogP contribution in [-0.4, -0.2) is 58.1 Å². The summed E-state index contributed by atoms with van der Waals surface area (Å²) < 4.78 is 0. The van der Waals surface area contributed by atoms with Crippen molar-refractivity contribution in [3.63, 3.8) is 0 Å². The number of carboxylic acid groups (broad SMARTS) is 1. The molecular formula is C15H26N2O2. The molecule has 3 fully saturated rings. The molecule has 0 aromatic heterocycles. The average molecular weight is 266 g/mol. The van der Waals surface area contributed by atoms with Crippen LogP contribution in [0.5, 0.6) is 0 Å². The highest BCUT2D eigenvalue weighted by atomic mass is 16.4. The molecule has 0 bridgehead atoms. The number of carbonyl (C=O) groups is 1. The van der Waals surface area contributed by atoms with Crippen molar-refractivity contribution in [1.29, 1.82) is 0 Å². The Labute approximate surface area is 115 Å². The molecule has 4 unspecified atom stereocenters. The molecule has 2 saturated heterocycles. The SMILES string of the molecule is CC1CC(C(=O)O)CCN1C1CC(C)N(C2CC2)C1. The van der Waals surface area contributed by atoms with E-state index < -0.39 is 5.97 Å². The van der Waals surface area contributed by atoms with Gasteiger partial charge in [0.2, 0.25) is 0 Å². The summed E-state index contributed by atoms with van der Waals surface area (Å²) in [5.41, 5.74) is 0. The third-order valence-electron chi connectivity index (χ3n) is 5.36. The van der Waals surface area contributed by atoms with Gasteiger partial charge in [-0.15, -0.1) is 0 Å². The third-order valence-corrected chi connectivity index (χ3v) is 5.36. The van der Waals surface area contributed by atoms with Gasteiger partial charge in [0.15, 0.2) is 0 Å². The van der Waals surface area contributed by atoms with Crippen molar-refractivity contribution in [1.82, 2.24) is 9.80 Å². The van der Waals surface area contributed by atoms with Crippen LogP contribution in [0.15, 0.2) is 0 Å². The van der Waals surface area contributed by atoms with E-state index in [4.69, 9.17) is 5.11 Å². The summed E-state index contributed by atoms with van der Waals surface area (Å²) in [6.07, 6.45) is 5.68. The fraction of sp³-hybridized carbons (Fsp3) is 0.933. The van der Waals surface area contributed by atoms with Gasteiger partial charge < -0.3 is 5.11 Å². The van der Waals surface area contributed by atoms with Crippen LogP contribution in [0.3, 0.4) is 0 Å². The molecule has 0 amide bonds. The maximum absolute atomic E-state index is 11.1. The van der Waals surface area contributed by atoms with Crippen molar-refractivity contribution in [3.8, 4) is 0 Å². The van der Waals surface area contributed by atoms with Crippen LogP contribution in [0.25, 0.3) is 0 Å². The van der Waals surface area contributed by atoms with Crippen molar-refractivity contribution in [2.75, 3.05) is 13.1 Å². The van der Waals surface area contributed by atoms with Gasteiger partial charge in [0, 0.05) is 30.7 Å². The largest absolute Gasteiger partial charge is 0.481 e. The van der Waals surface area contributed by atoms with Crippen LogP contribution in [0.4, 0.5) is 0 Å². The molecule has 4 atom stereocenters. The first-order chi connectivity index (χ1) is 9.06. The molecule has 108 valence electrons. The maximum atomic E-state index is 11.1. The molecule has 2 aliphatic heterocycles. The van der Waals surface area contributed by atoms with Gasteiger partial charge in [-0.3, -0.25) is 14.6 Å². The van der Waals surface area contributed by atoms with Gasteiger partial charge in [-0.1, -0.05) is 0 Å². The fourth-order valence-electron chi connectivity index (χ4n) is 4.14. The zero-order chi connectivity index (χ0) is 13.6. The summed E-state index contributed by atoms with van der Waals surface area (Å²) in [5.74, 6) is -0.726. The Kier molecular flexibility index (Phi) is 3.56. The van der Waals surface area contributed by atoms with Gasteiger partial charge in [0.05, 0.1) is 5.92 Å². The first kappa shape index (κ1) is 13.4. The fourth-order valence-corrected chi connectivity index (χ4v) is 4.14. The molecule has 1 aliphatic carbocycles. The van der Waals surface area contributed by atoms with E-state index in [9.17, 15) is 4.79 Å². The number of likely N-dealkylation sites (tertiary alicyclic amines) is 2. The highest BCUT2D eigenvalue weighted by Gasteiger charge is 2.42.